The van der Waals surface area contributed by atoms with Crippen LogP contribution in [0.2, 0.25) is 0 Å². The summed E-state index contributed by atoms with van der Waals surface area (Å²) >= 11 is 0. The summed E-state index contributed by atoms with van der Waals surface area (Å²) in [6.45, 7) is 4.70. The van der Waals surface area contributed by atoms with E-state index in [4.69, 9.17) is 29.3 Å². The first-order valence-electron chi connectivity index (χ1n) is 11.9. The Morgan fingerprint density at radius 1 is 1.10 bits per heavy atom. The number of hydrogen-bond acceptors (Lipinski definition) is 7. The van der Waals surface area contributed by atoms with Crippen LogP contribution in [0.3, 0.4) is 0 Å². The van der Waals surface area contributed by atoms with E-state index in [9.17, 15) is 9.18 Å². The molecule has 1 fully saturated rings. The van der Waals surface area contributed by atoms with E-state index in [1.807, 2.05) is 40.8 Å². The zero-order valence-corrected chi connectivity index (χ0v) is 21.5. The van der Waals surface area contributed by atoms with Crippen molar-refractivity contribution >= 4 is 29.6 Å². The molecular weight excluding hydrogens is 511 g/mol. The highest BCUT2D eigenvalue weighted by atomic mass is 19.1. The van der Waals surface area contributed by atoms with Crippen molar-refractivity contribution in [2.24, 2.45) is 0 Å². The first-order valence-corrected chi connectivity index (χ1v) is 11.9. The van der Waals surface area contributed by atoms with Gasteiger partial charge >= 0.3 is 11.9 Å². The first-order chi connectivity index (χ1) is 18.7. The molecule has 206 valence electrons. The fourth-order valence-corrected chi connectivity index (χ4v) is 3.70. The molecule has 1 aliphatic rings. The second-order valence-electron chi connectivity index (χ2n) is 8.40. The van der Waals surface area contributed by atoms with Crippen LogP contribution in [0, 0.1) is 12.7 Å². The van der Waals surface area contributed by atoms with Crippen LogP contribution in [0.1, 0.15) is 16.8 Å². The maximum absolute atomic E-state index is 14.3. The number of methoxy groups -OCH3 is 1. The van der Waals surface area contributed by atoms with E-state index in [2.05, 4.69) is 10.3 Å². The second kappa shape index (κ2) is 13.7. The molecular formula is C27H29FN4O7. The number of rotatable bonds is 7. The van der Waals surface area contributed by atoms with Crippen molar-refractivity contribution in [1.29, 1.82) is 0 Å². The van der Waals surface area contributed by atoms with Crippen molar-refractivity contribution in [3.05, 3.63) is 77.6 Å². The van der Waals surface area contributed by atoms with Crippen molar-refractivity contribution in [3.63, 3.8) is 0 Å². The molecule has 0 radical (unpaired) electrons. The predicted octanol–water partition coefficient (Wildman–Crippen LogP) is 2.65. The summed E-state index contributed by atoms with van der Waals surface area (Å²) in [5.41, 5.74) is 3.99. The number of benzene rings is 2. The minimum Gasteiger partial charge on any atom is -0.495 e. The van der Waals surface area contributed by atoms with E-state index in [0.717, 1.165) is 22.5 Å². The van der Waals surface area contributed by atoms with Gasteiger partial charge in [-0.2, -0.15) is 0 Å². The molecule has 2 heterocycles. The number of aromatic nitrogens is 2. The molecule has 39 heavy (non-hydrogen) atoms. The summed E-state index contributed by atoms with van der Waals surface area (Å²) in [5, 5.41) is 17.6. The Morgan fingerprint density at radius 3 is 2.44 bits per heavy atom. The van der Waals surface area contributed by atoms with Crippen LogP contribution in [0.5, 0.6) is 5.75 Å². The lowest BCUT2D eigenvalue weighted by Gasteiger charge is -2.29. The lowest BCUT2D eigenvalue weighted by molar-refractivity contribution is -0.159. The van der Waals surface area contributed by atoms with Gasteiger partial charge in [-0.3, -0.25) is 4.79 Å². The highest BCUT2D eigenvalue weighted by Gasteiger charge is 2.15. The van der Waals surface area contributed by atoms with Gasteiger partial charge in [-0.05, 0) is 48.4 Å². The predicted molar refractivity (Wildman–Crippen MR) is 140 cm³/mol. The molecule has 4 rings (SSSR count). The SMILES string of the molecule is COc1cc(/C=C/C(=O)NCc2ccc(F)c(N3CCOCC3)c2)ccc1-n1cnc(C)c1.O=C(O)C(=O)O. The van der Waals surface area contributed by atoms with Crippen LogP contribution in [0.25, 0.3) is 11.8 Å². The monoisotopic (exact) mass is 540 g/mol. The number of carbonyl (C=O) groups is 3. The van der Waals surface area contributed by atoms with Crippen LogP contribution in [0.4, 0.5) is 10.1 Å². The molecule has 1 amide bonds. The highest BCUT2D eigenvalue weighted by Crippen LogP contribution is 2.25. The third-order valence-electron chi connectivity index (χ3n) is 5.63. The Hall–Kier alpha value is -4.71. The fraction of sp³-hybridized carbons (Fsp3) is 0.259. The molecule has 0 atom stereocenters. The van der Waals surface area contributed by atoms with Gasteiger partial charge in [0.15, 0.2) is 0 Å². The molecule has 1 aromatic heterocycles. The zero-order valence-electron chi connectivity index (χ0n) is 21.5. The summed E-state index contributed by atoms with van der Waals surface area (Å²) in [4.78, 5) is 36.8. The van der Waals surface area contributed by atoms with Crippen molar-refractivity contribution in [2.45, 2.75) is 13.5 Å². The lowest BCUT2D eigenvalue weighted by Crippen LogP contribution is -2.36. The van der Waals surface area contributed by atoms with Gasteiger partial charge in [0.05, 0.1) is 43.7 Å². The minimum absolute atomic E-state index is 0.236. The summed E-state index contributed by atoms with van der Waals surface area (Å²) in [6, 6.07) is 10.6. The number of morpholine rings is 1. The van der Waals surface area contributed by atoms with Crippen LogP contribution >= 0.6 is 0 Å². The van der Waals surface area contributed by atoms with Crippen LogP contribution in [-0.2, 0) is 25.7 Å². The maximum atomic E-state index is 14.3. The number of aryl methyl sites for hydroxylation is 1. The molecule has 3 N–H and O–H groups in total. The number of aliphatic carboxylic acids is 2. The van der Waals surface area contributed by atoms with Crippen LogP contribution in [0.15, 0.2) is 55.0 Å². The normalized spacial score (nSPS) is 12.9. The second-order valence-corrected chi connectivity index (χ2v) is 8.40. The molecule has 2 aromatic carbocycles. The molecule has 0 saturated carbocycles. The van der Waals surface area contributed by atoms with Gasteiger partial charge < -0.3 is 34.5 Å². The van der Waals surface area contributed by atoms with E-state index in [0.29, 0.717) is 44.3 Å². The number of halogens is 1. The third-order valence-corrected chi connectivity index (χ3v) is 5.63. The van der Waals surface area contributed by atoms with Gasteiger partial charge in [0.2, 0.25) is 5.91 Å². The summed E-state index contributed by atoms with van der Waals surface area (Å²) in [7, 11) is 1.61. The topological polar surface area (TPSA) is 143 Å². The van der Waals surface area contributed by atoms with Gasteiger partial charge in [-0.1, -0.05) is 12.1 Å². The number of carboxylic acid groups (broad SMARTS) is 2. The van der Waals surface area contributed by atoms with Gasteiger partial charge in [0.1, 0.15) is 11.6 Å². The van der Waals surface area contributed by atoms with E-state index < -0.39 is 11.9 Å². The quantitative estimate of drug-likeness (QED) is 0.304. The van der Waals surface area contributed by atoms with Crippen LogP contribution < -0.4 is 15.0 Å². The summed E-state index contributed by atoms with van der Waals surface area (Å²) < 4.78 is 27.0. The van der Waals surface area contributed by atoms with Crippen molar-refractivity contribution < 1.29 is 38.5 Å². The van der Waals surface area contributed by atoms with Gasteiger partial charge in [0, 0.05) is 31.9 Å². The molecule has 3 aromatic rings. The Bertz CT molecular complexity index is 1340. The molecule has 12 heteroatoms. The average molecular weight is 541 g/mol. The summed E-state index contributed by atoms with van der Waals surface area (Å²) in [6.07, 6.45) is 6.85. The van der Waals surface area contributed by atoms with E-state index >= 15 is 0 Å². The number of nitrogens with zero attached hydrogens (tertiary/aromatic N) is 3. The minimum atomic E-state index is -1.82. The molecule has 0 bridgehead atoms. The smallest absolute Gasteiger partial charge is 0.414 e. The molecule has 11 nitrogen and oxygen atoms in total. The van der Waals surface area contributed by atoms with Crippen molar-refractivity contribution in [1.82, 2.24) is 14.9 Å². The number of hydrogen-bond donors (Lipinski definition) is 3. The molecule has 1 saturated heterocycles. The van der Waals surface area contributed by atoms with Crippen molar-refractivity contribution in [3.8, 4) is 11.4 Å². The standard InChI is InChI=1S/C25H27FN4O3.C2H2O4/c1-18-16-30(17-28-18)22-7-4-19(14-24(22)32-2)5-8-25(31)27-15-20-3-6-21(26)23(13-20)29-9-11-33-12-10-29;3-1(4)2(5)6/h3-8,13-14,16-17H,9-12,15H2,1-2H3,(H,27,31);(H,3,4)(H,5,6)/b8-5+;. The largest absolute Gasteiger partial charge is 0.495 e. The first kappa shape index (κ1) is 28.9. The van der Waals surface area contributed by atoms with Gasteiger partial charge in [0.25, 0.3) is 0 Å². The number of carbonyl (C=O) groups excluding carboxylic acids is 1. The molecule has 0 unspecified atom stereocenters. The number of carboxylic acids is 2. The Morgan fingerprint density at radius 2 is 1.82 bits per heavy atom. The summed E-state index contributed by atoms with van der Waals surface area (Å²) in [5.74, 6) is -3.47. The molecule has 1 aliphatic heterocycles. The Kier molecular flexibility index (Phi) is 10.2. The van der Waals surface area contributed by atoms with E-state index in [1.165, 1.54) is 12.1 Å². The number of anilines is 1. The fourth-order valence-electron chi connectivity index (χ4n) is 3.70. The maximum Gasteiger partial charge on any atom is 0.414 e. The Balaban J connectivity index is 0.000000631. The van der Waals surface area contributed by atoms with Gasteiger partial charge in [-0.25, -0.2) is 19.0 Å². The average Bonchev–Trinajstić information content (AvgIpc) is 3.37. The van der Waals surface area contributed by atoms with E-state index in [1.54, 1.807) is 31.6 Å². The third kappa shape index (κ3) is 8.40. The van der Waals surface area contributed by atoms with Crippen molar-refractivity contribution in [2.75, 3.05) is 38.3 Å². The highest BCUT2D eigenvalue weighted by molar-refractivity contribution is 6.27. The zero-order chi connectivity index (χ0) is 28.4. The van der Waals surface area contributed by atoms with Crippen LogP contribution in [-0.4, -0.2) is 71.0 Å². The molecule has 0 spiro atoms. The lowest BCUT2D eigenvalue weighted by atomic mass is 10.1. The Labute approximate surface area is 224 Å². The van der Waals surface area contributed by atoms with Gasteiger partial charge in [-0.15, -0.1) is 0 Å². The number of nitrogens with one attached hydrogen (secondary N) is 1. The number of imidazole rings is 1. The number of amides is 1. The van der Waals surface area contributed by atoms with E-state index in [-0.39, 0.29) is 11.7 Å². The molecule has 0 aliphatic carbocycles. The number of ether oxygens (including phenoxy) is 2.